The van der Waals surface area contributed by atoms with Crippen molar-refractivity contribution < 1.29 is 28.0 Å². The molecule has 0 radical (unpaired) electrons. The molecule has 2 aliphatic heterocycles. The van der Waals surface area contributed by atoms with Crippen LogP contribution in [0.4, 0.5) is 5.82 Å². The highest BCUT2D eigenvalue weighted by Gasteiger charge is 2.53. The normalized spacial score (nSPS) is 31.2. The molecule has 2 saturated heterocycles. The number of nitrogens with zero attached hydrogens (tertiary/aromatic N) is 4. The van der Waals surface area contributed by atoms with Crippen molar-refractivity contribution in [3.8, 4) is 0 Å². The molecule has 4 heterocycles. The predicted molar refractivity (Wildman–Crippen MR) is 108 cm³/mol. The van der Waals surface area contributed by atoms with E-state index in [4.69, 9.17) is 18.5 Å². The van der Waals surface area contributed by atoms with Crippen molar-refractivity contribution in [2.24, 2.45) is 0 Å². The highest BCUT2D eigenvalue weighted by atomic mass is 31.2. The zero-order valence-electron chi connectivity index (χ0n) is 17.1. The summed E-state index contributed by atoms with van der Waals surface area (Å²) in [5.41, 5.74) is 1.22. The van der Waals surface area contributed by atoms with Crippen molar-refractivity contribution in [1.82, 2.24) is 19.5 Å². The Kier molecular flexibility index (Phi) is 6.66. The molecule has 0 bridgehead atoms. The molecule has 12 heteroatoms. The molecule has 0 saturated carbocycles. The summed E-state index contributed by atoms with van der Waals surface area (Å²) in [7, 11) is -4.13. The maximum atomic E-state index is 12.0. The third-order valence-electron chi connectivity index (χ3n) is 5.21. The molecule has 2 aromatic heterocycles. The number of anilines is 1. The molecule has 2 fully saturated rings. The SMILES string of the molecule is CCCCNc1ncnc2c1ncn2[C@@H]1O[C@@H]2COP(=O)(O)O[C@H]2[C@H]1OCCCC. The molecule has 2 aromatic rings. The molecule has 0 amide bonds. The number of fused-ring (bicyclic) bond motifs is 2. The third kappa shape index (κ3) is 4.37. The molecule has 166 valence electrons. The maximum Gasteiger partial charge on any atom is 0.472 e. The number of rotatable bonds is 9. The van der Waals surface area contributed by atoms with E-state index in [1.165, 1.54) is 6.33 Å². The molecule has 2 N–H and O–H groups in total. The Hall–Kier alpha value is -1.62. The molecular formula is C18H28N5O6P. The fourth-order valence-electron chi connectivity index (χ4n) is 3.64. The van der Waals surface area contributed by atoms with Crippen LogP contribution in [0.2, 0.25) is 0 Å². The van der Waals surface area contributed by atoms with Gasteiger partial charge in [-0.25, -0.2) is 19.5 Å². The maximum absolute atomic E-state index is 12.0. The van der Waals surface area contributed by atoms with Gasteiger partial charge < -0.3 is 19.7 Å². The summed E-state index contributed by atoms with van der Waals surface area (Å²) in [5.74, 6) is 0.658. The van der Waals surface area contributed by atoms with E-state index in [0.717, 1.165) is 32.2 Å². The Morgan fingerprint density at radius 2 is 2.13 bits per heavy atom. The van der Waals surface area contributed by atoms with Crippen LogP contribution in [0.1, 0.15) is 45.8 Å². The lowest BCUT2D eigenvalue weighted by molar-refractivity contribution is -0.0684. The average Bonchev–Trinajstić information content (AvgIpc) is 3.29. The Balaban J connectivity index is 1.63. The van der Waals surface area contributed by atoms with Gasteiger partial charge in [-0.1, -0.05) is 26.7 Å². The average molecular weight is 441 g/mol. The standard InChI is InChI=1S/C18H28N5O6P/c1-3-5-7-19-16-13-17(21-10-20-16)23(11-22-13)18-15(26-8-6-4-2)14-12(28-18)9-27-30(24,25)29-14/h10-12,14-15,18H,3-9H2,1-2H3,(H,24,25)(H,19,20,21)/t12-,14-,15-,18-/m1/s1. The Morgan fingerprint density at radius 3 is 2.93 bits per heavy atom. The van der Waals surface area contributed by atoms with E-state index in [9.17, 15) is 9.46 Å². The van der Waals surface area contributed by atoms with E-state index < -0.39 is 32.4 Å². The molecule has 0 aliphatic carbocycles. The van der Waals surface area contributed by atoms with Gasteiger partial charge in [0, 0.05) is 13.2 Å². The van der Waals surface area contributed by atoms with Crippen molar-refractivity contribution >= 4 is 24.8 Å². The first-order valence-electron chi connectivity index (χ1n) is 10.4. The van der Waals surface area contributed by atoms with Gasteiger partial charge in [0.15, 0.2) is 23.2 Å². The largest absolute Gasteiger partial charge is 0.472 e. The zero-order chi connectivity index (χ0) is 21.1. The molecular weight excluding hydrogens is 413 g/mol. The van der Waals surface area contributed by atoms with Gasteiger partial charge in [-0.05, 0) is 12.8 Å². The van der Waals surface area contributed by atoms with Crippen molar-refractivity contribution in [3.05, 3.63) is 12.7 Å². The summed E-state index contributed by atoms with van der Waals surface area (Å²) < 4.78 is 36.2. The van der Waals surface area contributed by atoms with Crippen LogP contribution in [0.25, 0.3) is 11.2 Å². The van der Waals surface area contributed by atoms with Crippen molar-refractivity contribution in [2.75, 3.05) is 25.1 Å². The fourth-order valence-corrected chi connectivity index (χ4v) is 4.60. The number of hydrogen-bond donors (Lipinski definition) is 2. The molecule has 1 unspecified atom stereocenters. The second-order valence-corrected chi connectivity index (χ2v) is 8.82. The molecule has 11 nitrogen and oxygen atoms in total. The summed E-state index contributed by atoms with van der Waals surface area (Å²) in [5, 5.41) is 3.29. The lowest BCUT2D eigenvalue weighted by Crippen LogP contribution is -2.40. The quantitative estimate of drug-likeness (QED) is 0.442. The van der Waals surface area contributed by atoms with Gasteiger partial charge in [-0.3, -0.25) is 13.6 Å². The van der Waals surface area contributed by atoms with Gasteiger partial charge >= 0.3 is 7.82 Å². The van der Waals surface area contributed by atoms with Crippen LogP contribution in [0.3, 0.4) is 0 Å². The fraction of sp³-hybridized carbons (Fsp3) is 0.722. The zero-order valence-corrected chi connectivity index (χ0v) is 18.0. The number of nitrogens with one attached hydrogen (secondary N) is 1. The molecule has 4 rings (SSSR count). The Bertz CT molecular complexity index is 910. The van der Waals surface area contributed by atoms with E-state index in [1.807, 2.05) is 0 Å². The van der Waals surface area contributed by atoms with Gasteiger partial charge in [0.1, 0.15) is 24.6 Å². The lowest BCUT2D eigenvalue weighted by atomic mass is 10.1. The second-order valence-electron chi connectivity index (χ2n) is 7.42. The minimum Gasteiger partial charge on any atom is -0.371 e. The first-order valence-corrected chi connectivity index (χ1v) is 11.9. The van der Waals surface area contributed by atoms with Crippen LogP contribution < -0.4 is 5.32 Å². The van der Waals surface area contributed by atoms with E-state index >= 15 is 0 Å². The van der Waals surface area contributed by atoms with Crippen LogP contribution in [-0.4, -0.2) is 62.5 Å². The number of ether oxygens (including phenoxy) is 2. The molecule has 0 spiro atoms. The van der Waals surface area contributed by atoms with Gasteiger partial charge in [0.05, 0.1) is 12.9 Å². The van der Waals surface area contributed by atoms with Gasteiger partial charge in [-0.15, -0.1) is 0 Å². The summed E-state index contributed by atoms with van der Waals surface area (Å²) in [4.78, 5) is 23.0. The van der Waals surface area contributed by atoms with Gasteiger partial charge in [-0.2, -0.15) is 0 Å². The second kappa shape index (κ2) is 9.25. The molecule has 5 atom stereocenters. The van der Waals surface area contributed by atoms with Gasteiger partial charge in [0.2, 0.25) is 0 Å². The summed E-state index contributed by atoms with van der Waals surface area (Å²) in [6, 6.07) is 0. The number of phosphoric acid groups is 1. The Morgan fingerprint density at radius 1 is 1.30 bits per heavy atom. The topological polar surface area (TPSA) is 130 Å². The number of imidazole rings is 1. The van der Waals surface area contributed by atoms with Crippen LogP contribution in [0.15, 0.2) is 12.7 Å². The van der Waals surface area contributed by atoms with Crippen LogP contribution in [0, 0.1) is 0 Å². The van der Waals surface area contributed by atoms with E-state index in [1.54, 1.807) is 10.9 Å². The van der Waals surface area contributed by atoms with Crippen LogP contribution in [0.5, 0.6) is 0 Å². The number of phosphoric ester groups is 1. The molecule has 2 aliphatic rings. The minimum atomic E-state index is -4.13. The predicted octanol–water partition coefficient (Wildman–Crippen LogP) is 2.64. The van der Waals surface area contributed by atoms with Crippen molar-refractivity contribution in [1.29, 1.82) is 0 Å². The lowest BCUT2D eigenvalue weighted by Gasteiger charge is -2.29. The monoisotopic (exact) mass is 441 g/mol. The van der Waals surface area contributed by atoms with Crippen molar-refractivity contribution in [3.63, 3.8) is 0 Å². The van der Waals surface area contributed by atoms with E-state index in [0.29, 0.717) is 23.6 Å². The number of aromatic nitrogens is 4. The molecule has 30 heavy (non-hydrogen) atoms. The van der Waals surface area contributed by atoms with Crippen LogP contribution in [-0.2, 0) is 23.1 Å². The number of hydrogen-bond acceptors (Lipinski definition) is 9. The smallest absolute Gasteiger partial charge is 0.371 e. The first-order chi connectivity index (χ1) is 14.5. The van der Waals surface area contributed by atoms with E-state index in [-0.39, 0.29) is 6.61 Å². The highest BCUT2D eigenvalue weighted by Crippen LogP contribution is 2.53. The van der Waals surface area contributed by atoms with Crippen LogP contribution >= 0.6 is 7.82 Å². The highest BCUT2D eigenvalue weighted by molar-refractivity contribution is 7.47. The Labute approximate surface area is 174 Å². The van der Waals surface area contributed by atoms with Crippen molar-refractivity contribution in [2.45, 2.75) is 64.1 Å². The minimum absolute atomic E-state index is 0.0476. The summed E-state index contributed by atoms with van der Waals surface area (Å²) in [6.07, 6.45) is 4.53. The van der Waals surface area contributed by atoms with Gasteiger partial charge in [0.25, 0.3) is 0 Å². The third-order valence-corrected chi connectivity index (χ3v) is 6.19. The first kappa shape index (κ1) is 21.6. The number of unbranched alkanes of at least 4 members (excludes halogenated alkanes) is 2. The van der Waals surface area contributed by atoms with E-state index in [2.05, 4.69) is 34.1 Å². The summed E-state index contributed by atoms with van der Waals surface area (Å²) in [6.45, 7) is 5.41. The molecule has 0 aromatic carbocycles. The summed E-state index contributed by atoms with van der Waals surface area (Å²) >= 11 is 0.